The van der Waals surface area contributed by atoms with Crippen molar-refractivity contribution in [2.75, 3.05) is 22.8 Å². The van der Waals surface area contributed by atoms with E-state index in [4.69, 9.17) is 4.74 Å². The topological polar surface area (TPSA) is 105 Å². The minimum Gasteiger partial charge on any atom is -0.479 e. The molecular weight excluding hydrogens is 490 g/mol. The molecule has 0 aliphatic heterocycles. The lowest BCUT2D eigenvalue weighted by atomic mass is 10.1. The molecule has 0 radical (unpaired) electrons. The molecule has 2 aromatic carbocycles. The lowest BCUT2D eigenvalue weighted by Gasteiger charge is -2.19. The molecule has 0 spiro atoms. The number of ether oxygens (including phenoxy) is 1. The number of amides is 1. The molecule has 3 rings (SSSR count). The highest BCUT2D eigenvalue weighted by atomic mass is 32.2. The molecule has 0 bridgehead atoms. The molecular formula is C22H23F4N5O3S. The van der Waals surface area contributed by atoms with Crippen molar-refractivity contribution in [1.29, 1.82) is 0 Å². The molecule has 8 nitrogen and oxygen atoms in total. The number of carbonyl (C=O) groups excluding carboxylic acids is 1. The molecule has 1 unspecified atom stereocenters. The molecule has 1 heterocycles. The molecule has 1 amide bonds. The third-order valence-electron chi connectivity index (χ3n) is 4.60. The van der Waals surface area contributed by atoms with Crippen LogP contribution in [0.1, 0.15) is 12.5 Å². The average molecular weight is 514 g/mol. The maximum Gasteiger partial charge on any atom is 0.405 e. The number of anilines is 3. The van der Waals surface area contributed by atoms with Crippen LogP contribution >= 0.6 is 0 Å². The van der Waals surface area contributed by atoms with Crippen molar-refractivity contribution in [2.24, 2.45) is 0 Å². The fraction of sp³-hybridized carbons (Fsp3) is 0.273. The first-order valence-electron chi connectivity index (χ1n) is 10.1. The first kappa shape index (κ1) is 26.0. The van der Waals surface area contributed by atoms with E-state index in [1.807, 2.05) is 0 Å². The summed E-state index contributed by atoms with van der Waals surface area (Å²) in [5.41, 5.74) is 2.00. The highest BCUT2D eigenvalue weighted by Gasteiger charge is 2.29. The molecule has 0 saturated heterocycles. The minimum atomic E-state index is -4.58. The number of aromatic nitrogens is 2. The minimum absolute atomic E-state index is 0.106. The van der Waals surface area contributed by atoms with Crippen molar-refractivity contribution < 1.29 is 31.3 Å². The number of halogens is 4. The van der Waals surface area contributed by atoms with Crippen molar-refractivity contribution >= 4 is 49.6 Å². The highest BCUT2D eigenvalue weighted by Crippen LogP contribution is 2.33. The van der Waals surface area contributed by atoms with Crippen molar-refractivity contribution in [2.45, 2.75) is 26.1 Å². The number of aryl methyl sites for hydroxylation is 1. The van der Waals surface area contributed by atoms with Crippen molar-refractivity contribution in [3.63, 3.8) is 0 Å². The normalized spacial score (nSPS) is 14.1. The van der Waals surface area contributed by atoms with Gasteiger partial charge in [0.15, 0.2) is 6.10 Å². The SMILES string of the molecule is C=S(C)(=O)Nc1cc(C)c2c(Nc3ccc(F)cc3O[C@H](C)C(=O)NCC(F)(F)F)ncnc2c1. The zero-order chi connectivity index (χ0) is 26.0. The predicted molar refractivity (Wildman–Crippen MR) is 128 cm³/mol. The van der Waals surface area contributed by atoms with Crippen molar-refractivity contribution in [1.82, 2.24) is 15.3 Å². The van der Waals surface area contributed by atoms with Gasteiger partial charge in [0.1, 0.15) is 30.3 Å². The van der Waals surface area contributed by atoms with Crippen LogP contribution in [-0.4, -0.2) is 51.0 Å². The molecule has 188 valence electrons. The number of alkyl halides is 3. The zero-order valence-corrected chi connectivity index (χ0v) is 19.8. The Morgan fingerprint density at radius 3 is 2.60 bits per heavy atom. The van der Waals surface area contributed by atoms with Crippen LogP contribution in [0.4, 0.5) is 34.8 Å². The average Bonchev–Trinajstić information content (AvgIpc) is 2.72. The van der Waals surface area contributed by atoms with Crippen LogP contribution in [0.5, 0.6) is 5.75 Å². The summed E-state index contributed by atoms with van der Waals surface area (Å²) in [6, 6.07) is 6.90. The standard InChI is InChI=1S/C22H23F4N5O3S/c1-12-7-15(31-35(3,4)33)9-17-19(12)20(29-11-28-17)30-16-6-5-14(23)8-18(16)34-13(2)21(32)27-10-22(24,25)26/h5-9,11,13H,3,10H2,1-2,4H3,(H,27,32)(H,31,33)(H,28,29,30)/t13-,35?/m1/s1. The van der Waals surface area contributed by atoms with Crippen LogP contribution in [0.15, 0.2) is 36.7 Å². The molecule has 3 N–H and O–H groups in total. The number of nitrogens with one attached hydrogen (secondary N) is 3. The second kappa shape index (κ2) is 9.94. The molecule has 35 heavy (non-hydrogen) atoms. The zero-order valence-electron chi connectivity index (χ0n) is 19.0. The lowest BCUT2D eigenvalue weighted by Crippen LogP contribution is -2.41. The van der Waals surface area contributed by atoms with Gasteiger partial charge in [-0.2, -0.15) is 13.2 Å². The van der Waals surface area contributed by atoms with Crippen molar-refractivity contribution in [3.05, 3.63) is 48.0 Å². The van der Waals surface area contributed by atoms with Crippen LogP contribution in [0, 0.1) is 12.7 Å². The summed E-state index contributed by atoms with van der Waals surface area (Å²) in [6.45, 7) is 1.52. The van der Waals surface area contributed by atoms with Crippen LogP contribution in [0.3, 0.4) is 0 Å². The van der Waals surface area contributed by atoms with Gasteiger partial charge in [-0.15, -0.1) is 0 Å². The maximum atomic E-state index is 13.9. The van der Waals surface area contributed by atoms with E-state index in [0.717, 1.165) is 17.7 Å². The van der Waals surface area contributed by atoms with Gasteiger partial charge in [-0.1, -0.05) is 0 Å². The fourth-order valence-corrected chi connectivity index (χ4v) is 3.81. The van der Waals surface area contributed by atoms with E-state index >= 15 is 0 Å². The van der Waals surface area contributed by atoms with Gasteiger partial charge in [0.2, 0.25) is 0 Å². The van der Waals surface area contributed by atoms with Gasteiger partial charge in [-0.05, 0) is 49.5 Å². The molecule has 2 atom stereocenters. The monoisotopic (exact) mass is 513 g/mol. The Hall–Kier alpha value is -3.61. The largest absolute Gasteiger partial charge is 0.479 e. The second-order valence-electron chi connectivity index (χ2n) is 7.88. The maximum absolute atomic E-state index is 13.9. The van der Waals surface area contributed by atoms with E-state index in [-0.39, 0.29) is 11.4 Å². The first-order chi connectivity index (χ1) is 16.2. The molecule has 3 aromatic rings. The molecule has 13 heteroatoms. The smallest absolute Gasteiger partial charge is 0.405 e. The van der Waals surface area contributed by atoms with Gasteiger partial charge in [0, 0.05) is 33.1 Å². The number of carbonyl (C=O) groups is 1. The van der Waals surface area contributed by atoms with E-state index in [1.54, 1.807) is 24.4 Å². The van der Waals surface area contributed by atoms with Crippen molar-refractivity contribution in [3.8, 4) is 5.75 Å². The Morgan fingerprint density at radius 2 is 1.94 bits per heavy atom. The Labute approximate surface area is 199 Å². The number of rotatable bonds is 8. The molecule has 0 saturated carbocycles. The lowest BCUT2D eigenvalue weighted by molar-refractivity contribution is -0.142. The highest BCUT2D eigenvalue weighted by molar-refractivity contribution is 8.00. The van der Waals surface area contributed by atoms with Crippen LogP contribution in [0.25, 0.3) is 10.9 Å². The summed E-state index contributed by atoms with van der Waals surface area (Å²) in [6.07, 6.45) is -3.18. The Morgan fingerprint density at radius 1 is 1.23 bits per heavy atom. The third kappa shape index (κ3) is 7.18. The molecule has 0 aliphatic carbocycles. The number of fused-ring (bicyclic) bond motifs is 1. The fourth-order valence-electron chi connectivity index (χ4n) is 3.19. The van der Waals surface area contributed by atoms with Crippen LogP contribution in [0.2, 0.25) is 0 Å². The number of hydrogen-bond donors (Lipinski definition) is 3. The van der Waals surface area contributed by atoms with Crippen LogP contribution < -0.4 is 20.1 Å². The van der Waals surface area contributed by atoms with E-state index in [1.165, 1.54) is 25.6 Å². The molecule has 0 aliphatic rings. The second-order valence-corrected chi connectivity index (χ2v) is 10.1. The first-order valence-corrected chi connectivity index (χ1v) is 12.3. The van der Waals surface area contributed by atoms with Crippen LogP contribution in [-0.2, 0) is 14.5 Å². The van der Waals surface area contributed by atoms with Gasteiger partial charge in [-0.25, -0.2) is 18.6 Å². The van der Waals surface area contributed by atoms with E-state index in [0.29, 0.717) is 22.4 Å². The predicted octanol–water partition coefficient (Wildman–Crippen LogP) is 3.94. The Balaban J connectivity index is 1.91. The number of nitrogens with zero attached hydrogens (tertiary/aromatic N) is 2. The van der Waals surface area contributed by atoms with E-state index in [2.05, 4.69) is 25.9 Å². The number of benzene rings is 2. The van der Waals surface area contributed by atoms with Gasteiger partial charge in [0.25, 0.3) is 5.91 Å². The molecule has 0 fully saturated rings. The summed E-state index contributed by atoms with van der Waals surface area (Å²) in [4.78, 5) is 20.5. The van der Waals surface area contributed by atoms with Gasteiger partial charge in [-0.3, -0.25) is 4.79 Å². The summed E-state index contributed by atoms with van der Waals surface area (Å²) in [5, 5.41) is 5.34. The Kier molecular flexibility index (Phi) is 7.38. The Bertz CT molecular complexity index is 1360. The van der Waals surface area contributed by atoms with Gasteiger partial charge >= 0.3 is 6.18 Å². The summed E-state index contributed by atoms with van der Waals surface area (Å²) >= 11 is 0. The van der Waals surface area contributed by atoms with Gasteiger partial charge in [0.05, 0.1) is 11.2 Å². The van der Waals surface area contributed by atoms with E-state index < -0.39 is 40.3 Å². The molecule has 1 aromatic heterocycles. The third-order valence-corrected chi connectivity index (χ3v) is 5.27. The summed E-state index contributed by atoms with van der Waals surface area (Å²) in [5.74, 6) is 2.10. The van der Waals surface area contributed by atoms with E-state index in [9.17, 15) is 26.6 Å². The van der Waals surface area contributed by atoms with Gasteiger partial charge < -0.3 is 20.1 Å². The number of hydrogen-bond acceptors (Lipinski definition) is 6. The summed E-state index contributed by atoms with van der Waals surface area (Å²) in [7, 11) is -2.52. The summed E-state index contributed by atoms with van der Waals surface area (Å²) < 4.78 is 71.4. The quantitative estimate of drug-likeness (QED) is 0.311.